The maximum Gasteiger partial charge on any atom is 0.258 e. The highest BCUT2D eigenvalue weighted by Gasteiger charge is 2.31. The fraction of sp³-hybridized carbons (Fsp3) is 0.200. The largest absolute Gasteiger partial charge is 0.305 e. The Balaban J connectivity index is 2.02. The van der Waals surface area contributed by atoms with Gasteiger partial charge in [0.1, 0.15) is 10.3 Å². The van der Waals surface area contributed by atoms with Gasteiger partial charge in [-0.3, -0.25) is 4.79 Å². The average Bonchev–Trinajstić information content (AvgIpc) is 2.72. The van der Waals surface area contributed by atoms with Crippen molar-refractivity contribution in [2.45, 2.75) is 19.4 Å². The van der Waals surface area contributed by atoms with Gasteiger partial charge in [-0.05, 0) is 37.1 Å². The van der Waals surface area contributed by atoms with Gasteiger partial charge in [-0.1, -0.05) is 41.4 Å². The van der Waals surface area contributed by atoms with Crippen LogP contribution in [0, 0.1) is 0 Å². The number of anilines is 1. The number of halogens is 2. The maximum atomic E-state index is 12.7. The molecule has 0 saturated carbocycles. The van der Waals surface area contributed by atoms with Crippen LogP contribution in [0.1, 0.15) is 22.8 Å². The Morgan fingerprint density at radius 2 is 1.90 bits per heavy atom. The van der Waals surface area contributed by atoms with E-state index in [1.165, 1.54) is 5.56 Å². The maximum absolute atomic E-state index is 12.7. The van der Waals surface area contributed by atoms with Crippen LogP contribution in [0.3, 0.4) is 0 Å². The SMILES string of the molecule is CC1Cc2ccccc2N1C(=O)c1cc(Cl)nc(Cl)c1. The van der Waals surface area contributed by atoms with Gasteiger partial charge in [-0.25, -0.2) is 4.98 Å². The number of nitrogens with zero attached hydrogens (tertiary/aromatic N) is 2. The topological polar surface area (TPSA) is 33.2 Å². The molecule has 0 bridgehead atoms. The predicted molar refractivity (Wildman–Crippen MR) is 80.7 cm³/mol. The molecule has 2 heterocycles. The number of para-hydroxylation sites is 1. The molecule has 1 aliphatic rings. The third-order valence-electron chi connectivity index (χ3n) is 3.44. The van der Waals surface area contributed by atoms with Crippen molar-refractivity contribution in [3.05, 3.63) is 57.8 Å². The molecule has 0 saturated heterocycles. The molecular weight excluding hydrogens is 295 g/mol. The second kappa shape index (κ2) is 5.08. The van der Waals surface area contributed by atoms with Crippen LogP contribution in [0.15, 0.2) is 36.4 Å². The summed E-state index contributed by atoms with van der Waals surface area (Å²) in [7, 11) is 0. The van der Waals surface area contributed by atoms with Crippen molar-refractivity contribution in [3.63, 3.8) is 0 Å². The minimum atomic E-state index is -0.103. The zero-order valence-corrected chi connectivity index (χ0v) is 12.3. The smallest absolute Gasteiger partial charge is 0.258 e. The molecule has 2 aromatic rings. The number of hydrogen-bond donors (Lipinski definition) is 0. The molecule has 3 nitrogen and oxygen atoms in total. The molecule has 5 heteroatoms. The molecule has 20 heavy (non-hydrogen) atoms. The molecular formula is C15H12Cl2N2O. The molecule has 1 amide bonds. The Morgan fingerprint density at radius 3 is 2.60 bits per heavy atom. The number of carbonyl (C=O) groups excluding carboxylic acids is 1. The monoisotopic (exact) mass is 306 g/mol. The Bertz CT molecular complexity index is 667. The van der Waals surface area contributed by atoms with Crippen LogP contribution in [-0.4, -0.2) is 16.9 Å². The number of benzene rings is 1. The van der Waals surface area contributed by atoms with Crippen molar-refractivity contribution < 1.29 is 4.79 Å². The molecule has 0 N–H and O–H groups in total. The van der Waals surface area contributed by atoms with E-state index in [-0.39, 0.29) is 22.3 Å². The first-order valence-corrected chi connectivity index (χ1v) is 7.06. The summed E-state index contributed by atoms with van der Waals surface area (Å²) >= 11 is 11.7. The second-order valence-electron chi connectivity index (χ2n) is 4.86. The lowest BCUT2D eigenvalue weighted by Gasteiger charge is -2.22. The van der Waals surface area contributed by atoms with Crippen LogP contribution in [0.2, 0.25) is 10.3 Å². The van der Waals surface area contributed by atoms with E-state index in [1.807, 2.05) is 31.2 Å². The van der Waals surface area contributed by atoms with E-state index < -0.39 is 0 Å². The number of pyridine rings is 1. The quantitative estimate of drug-likeness (QED) is 0.747. The fourth-order valence-electron chi connectivity index (χ4n) is 2.60. The van der Waals surface area contributed by atoms with Gasteiger partial charge in [-0.2, -0.15) is 0 Å². The minimum absolute atomic E-state index is 0.103. The van der Waals surface area contributed by atoms with Crippen LogP contribution >= 0.6 is 23.2 Å². The van der Waals surface area contributed by atoms with Crippen molar-refractivity contribution in [3.8, 4) is 0 Å². The number of amides is 1. The highest BCUT2D eigenvalue weighted by molar-refractivity contribution is 6.33. The van der Waals surface area contributed by atoms with Gasteiger partial charge in [-0.15, -0.1) is 0 Å². The molecule has 1 unspecified atom stereocenters. The first-order chi connectivity index (χ1) is 9.56. The normalized spacial score (nSPS) is 17.1. The summed E-state index contributed by atoms with van der Waals surface area (Å²) in [6.45, 7) is 2.03. The molecule has 0 aliphatic carbocycles. The van der Waals surface area contributed by atoms with Gasteiger partial charge in [0, 0.05) is 17.3 Å². The third-order valence-corrected chi connectivity index (χ3v) is 3.82. The van der Waals surface area contributed by atoms with Crippen LogP contribution in [0.4, 0.5) is 5.69 Å². The average molecular weight is 307 g/mol. The fourth-order valence-corrected chi connectivity index (χ4v) is 3.06. The second-order valence-corrected chi connectivity index (χ2v) is 5.63. The summed E-state index contributed by atoms with van der Waals surface area (Å²) in [5.41, 5.74) is 2.59. The molecule has 0 spiro atoms. The van der Waals surface area contributed by atoms with E-state index in [0.717, 1.165) is 12.1 Å². The highest BCUT2D eigenvalue weighted by Crippen LogP contribution is 2.33. The van der Waals surface area contributed by atoms with Gasteiger partial charge >= 0.3 is 0 Å². The molecule has 102 valence electrons. The van der Waals surface area contributed by atoms with Crippen molar-refractivity contribution >= 4 is 34.8 Å². The van der Waals surface area contributed by atoms with E-state index in [1.54, 1.807) is 17.0 Å². The zero-order chi connectivity index (χ0) is 14.3. The minimum Gasteiger partial charge on any atom is -0.305 e. The Labute approximate surface area is 127 Å². The van der Waals surface area contributed by atoms with Crippen molar-refractivity contribution in [1.29, 1.82) is 0 Å². The van der Waals surface area contributed by atoms with Gasteiger partial charge in [0.2, 0.25) is 0 Å². The van der Waals surface area contributed by atoms with Gasteiger partial charge in [0.25, 0.3) is 5.91 Å². The molecule has 1 atom stereocenters. The Morgan fingerprint density at radius 1 is 1.25 bits per heavy atom. The Hall–Kier alpha value is -1.58. The summed E-state index contributed by atoms with van der Waals surface area (Å²) in [4.78, 5) is 18.4. The summed E-state index contributed by atoms with van der Waals surface area (Å²) in [5.74, 6) is -0.103. The highest BCUT2D eigenvalue weighted by atomic mass is 35.5. The summed E-state index contributed by atoms with van der Waals surface area (Å²) < 4.78 is 0. The third kappa shape index (κ3) is 2.28. The lowest BCUT2D eigenvalue weighted by molar-refractivity contribution is 0.0981. The van der Waals surface area contributed by atoms with Crippen molar-refractivity contribution in [1.82, 2.24) is 4.98 Å². The summed E-state index contributed by atoms with van der Waals surface area (Å²) in [6, 6.07) is 11.1. The van der Waals surface area contributed by atoms with Crippen LogP contribution in [0.25, 0.3) is 0 Å². The first-order valence-electron chi connectivity index (χ1n) is 6.31. The van der Waals surface area contributed by atoms with Gasteiger partial charge in [0.15, 0.2) is 0 Å². The first kappa shape index (κ1) is 13.4. The van der Waals surface area contributed by atoms with E-state index >= 15 is 0 Å². The zero-order valence-electron chi connectivity index (χ0n) is 10.8. The van der Waals surface area contributed by atoms with Crippen LogP contribution < -0.4 is 4.90 Å². The predicted octanol–water partition coefficient (Wildman–Crippen LogP) is 3.98. The Kier molecular flexibility index (Phi) is 3.40. The number of aromatic nitrogens is 1. The van der Waals surface area contributed by atoms with Crippen LogP contribution in [-0.2, 0) is 6.42 Å². The molecule has 0 fully saturated rings. The van der Waals surface area contributed by atoms with E-state index in [0.29, 0.717) is 5.56 Å². The van der Waals surface area contributed by atoms with Crippen molar-refractivity contribution in [2.24, 2.45) is 0 Å². The molecule has 3 rings (SSSR count). The summed E-state index contributed by atoms with van der Waals surface area (Å²) in [5, 5.41) is 0.446. The lowest BCUT2D eigenvalue weighted by Crippen LogP contribution is -2.35. The van der Waals surface area contributed by atoms with Crippen LogP contribution in [0.5, 0.6) is 0 Å². The molecule has 1 aromatic heterocycles. The number of hydrogen-bond acceptors (Lipinski definition) is 2. The molecule has 1 aliphatic heterocycles. The lowest BCUT2D eigenvalue weighted by atomic mass is 10.1. The van der Waals surface area contributed by atoms with Crippen molar-refractivity contribution in [2.75, 3.05) is 4.90 Å². The van der Waals surface area contributed by atoms with E-state index in [4.69, 9.17) is 23.2 Å². The van der Waals surface area contributed by atoms with E-state index in [9.17, 15) is 4.79 Å². The summed E-state index contributed by atoms with van der Waals surface area (Å²) in [6.07, 6.45) is 0.856. The standard InChI is InChI=1S/C15H12Cl2N2O/c1-9-6-10-4-2-3-5-12(10)19(9)15(20)11-7-13(16)18-14(17)8-11/h2-5,7-9H,6H2,1H3. The van der Waals surface area contributed by atoms with Gasteiger partial charge < -0.3 is 4.90 Å². The molecule has 1 aromatic carbocycles. The van der Waals surface area contributed by atoms with Gasteiger partial charge in [0.05, 0.1) is 0 Å². The number of carbonyl (C=O) groups is 1. The number of rotatable bonds is 1. The molecule has 0 radical (unpaired) electrons. The van der Waals surface area contributed by atoms with E-state index in [2.05, 4.69) is 4.98 Å². The number of fused-ring (bicyclic) bond motifs is 1.